The van der Waals surface area contributed by atoms with Gasteiger partial charge in [0, 0.05) is 24.1 Å². The van der Waals surface area contributed by atoms with Crippen LogP contribution in [0.25, 0.3) is 0 Å². The van der Waals surface area contributed by atoms with Crippen LogP contribution in [0.3, 0.4) is 0 Å². The number of carbonyl (C=O) groups excluding carboxylic acids is 2. The van der Waals surface area contributed by atoms with Gasteiger partial charge in [0.1, 0.15) is 0 Å². The van der Waals surface area contributed by atoms with E-state index >= 15 is 0 Å². The number of hydrogen-bond donors (Lipinski definition) is 2. The Balaban J connectivity index is 1.83. The van der Waals surface area contributed by atoms with Gasteiger partial charge in [0.25, 0.3) is 0 Å². The lowest BCUT2D eigenvalue weighted by atomic mass is 9.81. The SMILES string of the molecule is CCCNC(=O)C1CCC(C(=O)Nc2ccc(C)c(C)c2)CC1. The largest absolute Gasteiger partial charge is 0.356 e. The molecule has 2 N–H and O–H groups in total. The number of anilines is 1. The van der Waals surface area contributed by atoms with Gasteiger partial charge in [-0.2, -0.15) is 0 Å². The van der Waals surface area contributed by atoms with Crippen molar-refractivity contribution in [2.45, 2.75) is 52.9 Å². The van der Waals surface area contributed by atoms with Crippen molar-refractivity contribution in [2.24, 2.45) is 11.8 Å². The summed E-state index contributed by atoms with van der Waals surface area (Å²) in [6, 6.07) is 5.99. The molecule has 1 saturated carbocycles. The van der Waals surface area contributed by atoms with Gasteiger partial charge in [-0.1, -0.05) is 13.0 Å². The molecule has 1 aliphatic rings. The topological polar surface area (TPSA) is 58.2 Å². The van der Waals surface area contributed by atoms with Gasteiger partial charge < -0.3 is 10.6 Å². The molecule has 1 aromatic rings. The van der Waals surface area contributed by atoms with Gasteiger partial charge in [-0.05, 0) is 69.2 Å². The first kappa shape index (κ1) is 17.5. The highest BCUT2D eigenvalue weighted by Gasteiger charge is 2.29. The number of aryl methyl sites for hydroxylation is 2. The highest BCUT2D eigenvalue weighted by Crippen LogP contribution is 2.30. The molecule has 4 nitrogen and oxygen atoms in total. The Kier molecular flexibility index (Phi) is 6.20. The maximum absolute atomic E-state index is 12.4. The van der Waals surface area contributed by atoms with E-state index < -0.39 is 0 Å². The molecule has 1 fully saturated rings. The molecule has 1 aliphatic carbocycles. The zero-order valence-corrected chi connectivity index (χ0v) is 14.4. The van der Waals surface area contributed by atoms with Crippen LogP contribution in [0, 0.1) is 25.7 Å². The molecular weight excluding hydrogens is 288 g/mol. The molecule has 0 spiro atoms. The second-order valence-corrected chi connectivity index (χ2v) is 6.63. The molecule has 0 bridgehead atoms. The van der Waals surface area contributed by atoms with Gasteiger partial charge in [-0.25, -0.2) is 0 Å². The molecule has 0 saturated heterocycles. The molecule has 0 unspecified atom stereocenters. The van der Waals surface area contributed by atoms with Gasteiger partial charge in [0.15, 0.2) is 0 Å². The maximum atomic E-state index is 12.4. The van der Waals surface area contributed by atoms with Gasteiger partial charge in [-0.3, -0.25) is 9.59 Å². The fraction of sp³-hybridized carbons (Fsp3) is 0.579. The van der Waals surface area contributed by atoms with Crippen LogP contribution in [0.15, 0.2) is 18.2 Å². The summed E-state index contributed by atoms with van der Waals surface area (Å²) >= 11 is 0. The monoisotopic (exact) mass is 316 g/mol. The Morgan fingerprint density at radius 3 is 2.17 bits per heavy atom. The van der Waals surface area contributed by atoms with E-state index in [4.69, 9.17) is 0 Å². The lowest BCUT2D eigenvalue weighted by molar-refractivity contribution is -0.128. The van der Waals surface area contributed by atoms with E-state index in [1.165, 1.54) is 11.1 Å². The Bertz CT molecular complexity index is 560. The lowest BCUT2D eigenvalue weighted by Gasteiger charge is -2.27. The number of amides is 2. The molecule has 0 aromatic heterocycles. The van der Waals surface area contributed by atoms with Crippen molar-refractivity contribution in [3.05, 3.63) is 29.3 Å². The van der Waals surface area contributed by atoms with E-state index in [1.54, 1.807) is 0 Å². The molecular formula is C19H28N2O2. The fourth-order valence-electron chi connectivity index (χ4n) is 3.07. The van der Waals surface area contributed by atoms with E-state index in [0.717, 1.165) is 44.3 Å². The zero-order valence-electron chi connectivity index (χ0n) is 14.4. The van der Waals surface area contributed by atoms with Crippen molar-refractivity contribution >= 4 is 17.5 Å². The second-order valence-electron chi connectivity index (χ2n) is 6.63. The Morgan fingerprint density at radius 2 is 1.61 bits per heavy atom. The van der Waals surface area contributed by atoms with Crippen molar-refractivity contribution in [3.63, 3.8) is 0 Å². The van der Waals surface area contributed by atoms with E-state index in [0.29, 0.717) is 0 Å². The summed E-state index contributed by atoms with van der Waals surface area (Å²) in [5, 5.41) is 5.98. The number of rotatable bonds is 5. The van der Waals surface area contributed by atoms with Crippen LogP contribution in [0.2, 0.25) is 0 Å². The molecule has 0 atom stereocenters. The lowest BCUT2D eigenvalue weighted by Crippen LogP contribution is -2.35. The first-order valence-electron chi connectivity index (χ1n) is 8.67. The van der Waals surface area contributed by atoms with Crippen LogP contribution in [0.4, 0.5) is 5.69 Å². The third-order valence-corrected chi connectivity index (χ3v) is 4.79. The summed E-state index contributed by atoms with van der Waals surface area (Å²) < 4.78 is 0. The second kappa shape index (κ2) is 8.14. The van der Waals surface area contributed by atoms with Gasteiger partial charge >= 0.3 is 0 Å². The molecule has 2 rings (SSSR count). The summed E-state index contributed by atoms with van der Waals surface area (Å²) in [6.07, 6.45) is 4.16. The van der Waals surface area contributed by atoms with Crippen molar-refractivity contribution in [1.29, 1.82) is 0 Å². The average molecular weight is 316 g/mol. The molecule has 0 heterocycles. The summed E-state index contributed by atoms with van der Waals surface area (Å²) in [5.74, 6) is 0.333. The molecule has 23 heavy (non-hydrogen) atoms. The molecule has 0 radical (unpaired) electrons. The number of benzene rings is 1. The fourth-order valence-corrected chi connectivity index (χ4v) is 3.07. The molecule has 0 aliphatic heterocycles. The Hall–Kier alpha value is -1.84. The maximum Gasteiger partial charge on any atom is 0.227 e. The average Bonchev–Trinajstić information content (AvgIpc) is 2.56. The molecule has 1 aromatic carbocycles. The van der Waals surface area contributed by atoms with E-state index in [9.17, 15) is 9.59 Å². The van der Waals surface area contributed by atoms with Crippen LogP contribution in [-0.4, -0.2) is 18.4 Å². The molecule has 126 valence electrons. The minimum atomic E-state index is 0.0202. The minimum absolute atomic E-state index is 0.0202. The molecule has 4 heteroatoms. The van der Waals surface area contributed by atoms with Crippen LogP contribution < -0.4 is 10.6 Å². The van der Waals surface area contributed by atoms with Crippen LogP contribution in [0.1, 0.15) is 50.2 Å². The first-order chi connectivity index (χ1) is 11.0. The smallest absolute Gasteiger partial charge is 0.227 e. The van der Waals surface area contributed by atoms with E-state index in [-0.39, 0.29) is 23.7 Å². The summed E-state index contributed by atoms with van der Waals surface area (Å²) in [6.45, 7) is 6.90. The Labute approximate surface area is 139 Å². The van der Waals surface area contributed by atoms with Gasteiger partial charge in [0.05, 0.1) is 0 Å². The highest BCUT2D eigenvalue weighted by atomic mass is 16.2. The molecule has 2 amide bonds. The van der Waals surface area contributed by atoms with Crippen molar-refractivity contribution in [3.8, 4) is 0 Å². The van der Waals surface area contributed by atoms with Crippen LogP contribution >= 0.6 is 0 Å². The van der Waals surface area contributed by atoms with Crippen LogP contribution in [-0.2, 0) is 9.59 Å². The predicted octanol–water partition coefficient (Wildman–Crippen LogP) is 3.57. The number of carbonyl (C=O) groups is 2. The van der Waals surface area contributed by atoms with Crippen molar-refractivity contribution < 1.29 is 9.59 Å². The summed E-state index contributed by atoms with van der Waals surface area (Å²) in [7, 11) is 0. The highest BCUT2D eigenvalue weighted by molar-refractivity contribution is 5.93. The van der Waals surface area contributed by atoms with Gasteiger partial charge in [-0.15, -0.1) is 0 Å². The summed E-state index contributed by atoms with van der Waals surface area (Å²) in [5.41, 5.74) is 3.27. The van der Waals surface area contributed by atoms with Gasteiger partial charge in [0.2, 0.25) is 11.8 Å². The standard InChI is InChI=1S/C19H28N2O2/c1-4-11-20-18(22)15-6-8-16(9-7-15)19(23)21-17-10-5-13(2)14(3)12-17/h5,10,12,15-16H,4,6-9,11H2,1-3H3,(H,20,22)(H,21,23). The quantitative estimate of drug-likeness (QED) is 0.872. The van der Waals surface area contributed by atoms with Crippen molar-refractivity contribution in [1.82, 2.24) is 5.32 Å². The number of hydrogen-bond acceptors (Lipinski definition) is 2. The van der Waals surface area contributed by atoms with E-state index in [2.05, 4.69) is 17.6 Å². The van der Waals surface area contributed by atoms with E-state index in [1.807, 2.05) is 32.0 Å². The normalized spacial score (nSPS) is 20.8. The third kappa shape index (κ3) is 4.81. The van der Waals surface area contributed by atoms with Crippen molar-refractivity contribution in [2.75, 3.05) is 11.9 Å². The Morgan fingerprint density at radius 1 is 1.00 bits per heavy atom. The van der Waals surface area contributed by atoms with Crippen LogP contribution in [0.5, 0.6) is 0 Å². The summed E-state index contributed by atoms with van der Waals surface area (Å²) in [4.78, 5) is 24.4. The first-order valence-corrected chi connectivity index (χ1v) is 8.67. The minimum Gasteiger partial charge on any atom is -0.356 e. The number of nitrogens with one attached hydrogen (secondary N) is 2. The predicted molar refractivity (Wildman–Crippen MR) is 93.3 cm³/mol. The zero-order chi connectivity index (χ0) is 16.8. The third-order valence-electron chi connectivity index (χ3n) is 4.79.